The minimum absolute atomic E-state index is 0.276. The Balaban J connectivity index is 1.52. The average Bonchev–Trinajstić information content (AvgIpc) is 2.76. The van der Waals surface area contributed by atoms with Crippen LogP contribution in [0.1, 0.15) is 17.3 Å². The molecule has 158 valence electrons. The normalized spacial score (nSPS) is 9.97. The van der Waals surface area contributed by atoms with Crippen LogP contribution in [-0.4, -0.2) is 24.6 Å². The topological polar surface area (TPSA) is 109 Å². The molecule has 8 heteroatoms. The molecule has 0 spiro atoms. The third-order valence-electron chi connectivity index (χ3n) is 4.10. The van der Waals surface area contributed by atoms with Gasteiger partial charge in [-0.2, -0.15) is 0 Å². The molecular weight excluding hydrogens is 396 g/mol. The molecule has 31 heavy (non-hydrogen) atoms. The first-order valence-electron chi connectivity index (χ1n) is 9.62. The van der Waals surface area contributed by atoms with E-state index in [2.05, 4.69) is 21.3 Å². The summed E-state index contributed by atoms with van der Waals surface area (Å²) in [6.45, 7) is 1.99. The molecule has 3 aromatic carbocycles. The molecule has 8 nitrogen and oxygen atoms in total. The molecule has 0 unspecified atom stereocenters. The quantitative estimate of drug-likeness (QED) is 0.444. The van der Waals surface area contributed by atoms with Crippen LogP contribution in [0, 0.1) is 0 Å². The van der Waals surface area contributed by atoms with Crippen LogP contribution >= 0.6 is 0 Å². The van der Waals surface area contributed by atoms with E-state index in [1.807, 2.05) is 18.2 Å². The van der Waals surface area contributed by atoms with Gasteiger partial charge in [0.2, 0.25) is 0 Å². The highest BCUT2D eigenvalue weighted by Gasteiger charge is 2.08. The molecule has 4 N–H and O–H groups in total. The van der Waals surface area contributed by atoms with Crippen molar-refractivity contribution in [2.75, 3.05) is 27.9 Å². The van der Waals surface area contributed by atoms with Crippen molar-refractivity contribution in [3.63, 3.8) is 0 Å². The van der Waals surface area contributed by atoms with E-state index in [0.717, 1.165) is 0 Å². The fraction of sp³-hybridized carbons (Fsp3) is 0.0870. The molecule has 0 aliphatic carbocycles. The zero-order valence-electron chi connectivity index (χ0n) is 16.8. The van der Waals surface area contributed by atoms with E-state index in [1.54, 1.807) is 67.6 Å². The number of urea groups is 1. The molecule has 0 aliphatic rings. The number of carbonyl (C=O) groups is 3. The van der Waals surface area contributed by atoms with Crippen LogP contribution < -0.4 is 21.3 Å². The molecule has 0 fully saturated rings. The van der Waals surface area contributed by atoms with Crippen molar-refractivity contribution in [2.24, 2.45) is 0 Å². The number of hydrogen-bond donors (Lipinski definition) is 4. The number of para-hydroxylation sites is 1. The van der Waals surface area contributed by atoms with Crippen LogP contribution in [0.15, 0.2) is 78.9 Å². The first-order chi connectivity index (χ1) is 15.0. The van der Waals surface area contributed by atoms with E-state index in [0.29, 0.717) is 28.3 Å². The Hall–Kier alpha value is -4.33. The molecule has 0 bridgehead atoms. The molecule has 0 saturated carbocycles. The van der Waals surface area contributed by atoms with Crippen LogP contribution in [0.25, 0.3) is 0 Å². The standard InChI is InChI=1S/C23H22N4O4/c1-2-31-23(30)27-20-10-8-16(9-11-20)21(28)24-18-12-14-19(15-13-18)26-22(29)25-17-6-4-3-5-7-17/h3-15H,2H2,1H3,(H,24,28)(H,27,30)(H2,25,26,29). The molecule has 0 heterocycles. The number of benzene rings is 3. The van der Waals surface area contributed by atoms with Crippen LogP contribution in [0.2, 0.25) is 0 Å². The molecule has 0 saturated heterocycles. The minimum Gasteiger partial charge on any atom is -0.450 e. The van der Waals surface area contributed by atoms with Crippen molar-refractivity contribution in [3.05, 3.63) is 84.4 Å². The van der Waals surface area contributed by atoms with E-state index in [9.17, 15) is 14.4 Å². The summed E-state index contributed by atoms with van der Waals surface area (Å²) in [7, 11) is 0. The summed E-state index contributed by atoms with van der Waals surface area (Å²) in [6.07, 6.45) is -0.550. The lowest BCUT2D eigenvalue weighted by Gasteiger charge is -2.10. The van der Waals surface area contributed by atoms with Gasteiger partial charge >= 0.3 is 12.1 Å². The Labute approximate surface area is 179 Å². The van der Waals surface area contributed by atoms with Crippen LogP contribution in [0.4, 0.5) is 32.3 Å². The second kappa shape index (κ2) is 10.4. The second-order valence-corrected chi connectivity index (χ2v) is 6.40. The predicted molar refractivity (Wildman–Crippen MR) is 121 cm³/mol. The number of rotatable bonds is 6. The zero-order chi connectivity index (χ0) is 22.1. The fourth-order valence-corrected chi connectivity index (χ4v) is 2.65. The van der Waals surface area contributed by atoms with Gasteiger partial charge in [-0.05, 0) is 67.6 Å². The van der Waals surface area contributed by atoms with E-state index < -0.39 is 6.09 Å². The Bertz CT molecular complexity index is 1040. The fourth-order valence-electron chi connectivity index (χ4n) is 2.65. The number of amides is 4. The summed E-state index contributed by atoms with van der Waals surface area (Å²) in [4.78, 5) is 35.9. The van der Waals surface area contributed by atoms with Gasteiger partial charge in [-0.1, -0.05) is 18.2 Å². The highest BCUT2D eigenvalue weighted by atomic mass is 16.5. The van der Waals surface area contributed by atoms with E-state index >= 15 is 0 Å². The van der Waals surface area contributed by atoms with E-state index in [-0.39, 0.29) is 18.5 Å². The summed E-state index contributed by atoms with van der Waals surface area (Å²) in [5.74, 6) is -0.301. The SMILES string of the molecule is CCOC(=O)Nc1ccc(C(=O)Nc2ccc(NC(=O)Nc3ccccc3)cc2)cc1. The van der Waals surface area contributed by atoms with Crippen LogP contribution in [-0.2, 0) is 4.74 Å². The molecule has 0 atom stereocenters. The minimum atomic E-state index is -0.550. The third-order valence-corrected chi connectivity index (χ3v) is 4.10. The highest BCUT2D eigenvalue weighted by molar-refractivity contribution is 6.05. The molecule has 0 aromatic heterocycles. The van der Waals surface area contributed by atoms with Gasteiger partial charge in [0.15, 0.2) is 0 Å². The largest absolute Gasteiger partial charge is 0.450 e. The first-order valence-corrected chi connectivity index (χ1v) is 9.62. The van der Waals surface area contributed by atoms with Crippen molar-refractivity contribution in [1.82, 2.24) is 0 Å². The van der Waals surface area contributed by atoms with Crippen molar-refractivity contribution >= 4 is 40.8 Å². The van der Waals surface area contributed by atoms with Crippen molar-refractivity contribution in [1.29, 1.82) is 0 Å². The number of nitrogens with one attached hydrogen (secondary N) is 4. The Kier molecular flexibility index (Phi) is 7.21. The number of carbonyl (C=O) groups excluding carboxylic acids is 3. The van der Waals surface area contributed by atoms with Crippen LogP contribution in [0.3, 0.4) is 0 Å². The number of anilines is 4. The van der Waals surface area contributed by atoms with E-state index in [1.165, 1.54) is 0 Å². The van der Waals surface area contributed by atoms with Gasteiger partial charge in [0.05, 0.1) is 6.61 Å². The van der Waals surface area contributed by atoms with Crippen molar-refractivity contribution in [3.8, 4) is 0 Å². The summed E-state index contributed by atoms with van der Waals surface area (Å²) in [5.41, 5.74) is 2.80. The van der Waals surface area contributed by atoms with E-state index in [4.69, 9.17) is 4.74 Å². The number of ether oxygens (including phenoxy) is 1. The third kappa shape index (κ3) is 6.60. The molecule has 0 radical (unpaired) electrons. The summed E-state index contributed by atoms with van der Waals surface area (Å²) in [5, 5.41) is 10.8. The van der Waals surface area contributed by atoms with Gasteiger partial charge in [0.25, 0.3) is 5.91 Å². The Morgan fingerprint density at radius 2 is 1.13 bits per heavy atom. The average molecular weight is 418 g/mol. The smallest absolute Gasteiger partial charge is 0.411 e. The predicted octanol–water partition coefficient (Wildman–Crippen LogP) is 5.15. The monoisotopic (exact) mass is 418 g/mol. The maximum atomic E-state index is 12.4. The summed E-state index contributed by atoms with van der Waals surface area (Å²) in [6, 6.07) is 21.9. The van der Waals surface area contributed by atoms with Gasteiger partial charge in [0, 0.05) is 28.3 Å². The van der Waals surface area contributed by atoms with Gasteiger partial charge < -0.3 is 20.7 Å². The van der Waals surface area contributed by atoms with Gasteiger partial charge in [0.1, 0.15) is 0 Å². The van der Waals surface area contributed by atoms with Gasteiger partial charge in [-0.3, -0.25) is 10.1 Å². The van der Waals surface area contributed by atoms with Gasteiger partial charge in [-0.25, -0.2) is 9.59 Å². The maximum absolute atomic E-state index is 12.4. The molecule has 3 rings (SSSR count). The second-order valence-electron chi connectivity index (χ2n) is 6.40. The Morgan fingerprint density at radius 1 is 0.645 bits per heavy atom. The number of hydrogen-bond acceptors (Lipinski definition) is 4. The molecule has 3 aromatic rings. The molecular formula is C23H22N4O4. The highest BCUT2D eigenvalue weighted by Crippen LogP contribution is 2.16. The zero-order valence-corrected chi connectivity index (χ0v) is 16.8. The van der Waals surface area contributed by atoms with Crippen molar-refractivity contribution < 1.29 is 19.1 Å². The maximum Gasteiger partial charge on any atom is 0.411 e. The first kappa shape index (κ1) is 21.4. The van der Waals surface area contributed by atoms with Crippen LogP contribution in [0.5, 0.6) is 0 Å². The summed E-state index contributed by atoms with van der Waals surface area (Å²) < 4.78 is 4.81. The summed E-state index contributed by atoms with van der Waals surface area (Å²) >= 11 is 0. The molecule has 0 aliphatic heterocycles. The van der Waals surface area contributed by atoms with Crippen molar-refractivity contribution in [2.45, 2.75) is 6.92 Å². The molecule has 4 amide bonds. The lowest BCUT2D eigenvalue weighted by atomic mass is 10.2. The van der Waals surface area contributed by atoms with Gasteiger partial charge in [-0.15, -0.1) is 0 Å². The lowest BCUT2D eigenvalue weighted by Crippen LogP contribution is -2.19. The Morgan fingerprint density at radius 3 is 1.71 bits per heavy atom. The lowest BCUT2D eigenvalue weighted by molar-refractivity contribution is 0.102.